The van der Waals surface area contributed by atoms with Gasteiger partial charge in [0.25, 0.3) is 0 Å². The van der Waals surface area contributed by atoms with Gasteiger partial charge in [0.15, 0.2) is 0 Å². The van der Waals surface area contributed by atoms with Crippen LogP contribution >= 0.6 is 0 Å². The minimum atomic E-state index is -0.574. The first-order valence-electron chi connectivity index (χ1n) is 8.05. The van der Waals surface area contributed by atoms with Crippen LogP contribution in [0.2, 0.25) is 0 Å². The second-order valence-corrected chi connectivity index (χ2v) is 6.25. The number of rotatable bonds is 7. The molecule has 1 saturated heterocycles. The molecule has 0 aromatic rings. The van der Waals surface area contributed by atoms with Crippen molar-refractivity contribution >= 4 is 5.91 Å². The first-order valence-corrected chi connectivity index (χ1v) is 8.05. The zero-order chi connectivity index (χ0) is 14.1. The molecular weight excluding hydrogens is 238 g/mol. The lowest BCUT2D eigenvalue weighted by molar-refractivity contribution is -0.131. The topological polar surface area (TPSA) is 40.5 Å². The molecule has 112 valence electrons. The monoisotopic (exact) mass is 269 g/mol. The molecule has 0 aliphatic carbocycles. The van der Waals surface area contributed by atoms with Gasteiger partial charge in [0, 0.05) is 19.5 Å². The van der Waals surface area contributed by atoms with Gasteiger partial charge in [-0.1, -0.05) is 39.0 Å². The normalized spacial score (nSPS) is 24.3. The van der Waals surface area contributed by atoms with Gasteiger partial charge >= 0.3 is 0 Å². The van der Waals surface area contributed by atoms with E-state index in [2.05, 4.69) is 6.92 Å². The van der Waals surface area contributed by atoms with Crippen LogP contribution in [0.5, 0.6) is 0 Å². The van der Waals surface area contributed by atoms with Gasteiger partial charge < -0.3 is 10.0 Å². The molecule has 1 fully saturated rings. The molecule has 3 nitrogen and oxygen atoms in total. The fourth-order valence-corrected chi connectivity index (χ4v) is 2.73. The second-order valence-electron chi connectivity index (χ2n) is 6.25. The van der Waals surface area contributed by atoms with E-state index in [0.29, 0.717) is 6.42 Å². The van der Waals surface area contributed by atoms with Crippen LogP contribution in [-0.4, -0.2) is 34.6 Å². The number of nitrogens with zero attached hydrogens (tertiary/aromatic N) is 1. The van der Waals surface area contributed by atoms with Crippen molar-refractivity contribution in [3.05, 3.63) is 0 Å². The van der Waals surface area contributed by atoms with E-state index in [-0.39, 0.29) is 5.91 Å². The van der Waals surface area contributed by atoms with Crippen LogP contribution < -0.4 is 0 Å². The Labute approximate surface area is 118 Å². The molecule has 1 aliphatic heterocycles. The number of hydrogen-bond acceptors (Lipinski definition) is 2. The van der Waals surface area contributed by atoms with Crippen molar-refractivity contribution in [1.29, 1.82) is 0 Å². The van der Waals surface area contributed by atoms with Crippen LogP contribution in [0.15, 0.2) is 0 Å². The van der Waals surface area contributed by atoms with Crippen molar-refractivity contribution in [3.63, 3.8) is 0 Å². The van der Waals surface area contributed by atoms with E-state index in [1.54, 1.807) is 0 Å². The molecule has 0 spiro atoms. The average molecular weight is 269 g/mol. The summed E-state index contributed by atoms with van der Waals surface area (Å²) >= 11 is 0. The Kier molecular flexibility index (Phi) is 7.44. The number of carbonyl (C=O) groups is 1. The molecular formula is C16H31NO2. The maximum Gasteiger partial charge on any atom is 0.222 e. The third kappa shape index (κ3) is 6.95. The van der Waals surface area contributed by atoms with E-state index >= 15 is 0 Å². The van der Waals surface area contributed by atoms with Crippen molar-refractivity contribution in [2.24, 2.45) is 0 Å². The second kappa shape index (κ2) is 8.57. The molecule has 0 radical (unpaired) electrons. The summed E-state index contributed by atoms with van der Waals surface area (Å²) < 4.78 is 0. The third-order valence-electron chi connectivity index (χ3n) is 4.16. The molecule has 19 heavy (non-hydrogen) atoms. The van der Waals surface area contributed by atoms with Crippen LogP contribution in [-0.2, 0) is 4.79 Å². The van der Waals surface area contributed by atoms with Crippen LogP contribution in [0.25, 0.3) is 0 Å². The number of hydrogen-bond donors (Lipinski definition) is 1. The van der Waals surface area contributed by atoms with Gasteiger partial charge in [-0.15, -0.1) is 0 Å². The summed E-state index contributed by atoms with van der Waals surface area (Å²) in [7, 11) is 0. The summed E-state index contributed by atoms with van der Waals surface area (Å²) in [6, 6.07) is 0. The van der Waals surface area contributed by atoms with Crippen molar-refractivity contribution in [2.75, 3.05) is 13.1 Å². The highest BCUT2D eigenvalue weighted by atomic mass is 16.3. The van der Waals surface area contributed by atoms with Gasteiger partial charge in [0.05, 0.1) is 5.60 Å². The Morgan fingerprint density at radius 1 is 1.11 bits per heavy atom. The predicted octanol–water partition coefficient (Wildman–Crippen LogP) is 3.50. The summed E-state index contributed by atoms with van der Waals surface area (Å²) in [5.41, 5.74) is -0.574. The molecule has 0 aromatic carbocycles. The number of amides is 1. The molecule has 1 atom stereocenters. The highest BCUT2D eigenvalue weighted by Crippen LogP contribution is 2.22. The summed E-state index contributed by atoms with van der Waals surface area (Å²) in [4.78, 5) is 14.0. The van der Waals surface area contributed by atoms with E-state index in [1.807, 2.05) is 11.8 Å². The van der Waals surface area contributed by atoms with Crippen molar-refractivity contribution in [1.82, 2.24) is 4.90 Å². The number of carbonyl (C=O) groups excluding carboxylic acids is 1. The molecule has 0 saturated carbocycles. The van der Waals surface area contributed by atoms with Gasteiger partial charge in [-0.3, -0.25) is 4.79 Å². The fourth-order valence-electron chi connectivity index (χ4n) is 2.73. The Morgan fingerprint density at radius 3 is 2.53 bits per heavy atom. The lowest BCUT2D eigenvalue weighted by atomic mass is 9.98. The Bertz CT molecular complexity index is 263. The Hall–Kier alpha value is -0.570. The molecule has 0 aromatic heterocycles. The predicted molar refractivity (Wildman–Crippen MR) is 79.0 cm³/mol. The molecule has 1 unspecified atom stereocenters. The maximum atomic E-state index is 12.1. The fraction of sp³-hybridized carbons (Fsp3) is 0.938. The quantitative estimate of drug-likeness (QED) is 0.719. The van der Waals surface area contributed by atoms with Gasteiger partial charge in [-0.25, -0.2) is 0 Å². The maximum absolute atomic E-state index is 12.1. The number of unbranched alkanes of at least 4 members (excludes halogenated alkanes) is 5. The molecule has 1 rings (SSSR count). The molecule has 1 aliphatic rings. The standard InChI is InChI=1S/C16H31NO2/c1-3-4-5-6-7-8-10-15(18)17-13-9-11-16(2,19)12-14-17/h19H,3-14H2,1-2H3. The van der Waals surface area contributed by atoms with Crippen LogP contribution in [0, 0.1) is 0 Å². The SMILES string of the molecule is CCCCCCCCC(=O)N1CCCC(C)(O)CC1. The molecule has 1 heterocycles. The molecule has 1 N–H and O–H groups in total. The number of likely N-dealkylation sites (tertiary alicyclic amines) is 1. The molecule has 3 heteroatoms. The van der Waals surface area contributed by atoms with E-state index in [0.717, 1.165) is 38.8 Å². The third-order valence-corrected chi connectivity index (χ3v) is 4.16. The zero-order valence-electron chi connectivity index (χ0n) is 12.8. The van der Waals surface area contributed by atoms with Crippen LogP contribution in [0.1, 0.15) is 78.1 Å². The highest BCUT2D eigenvalue weighted by molar-refractivity contribution is 5.76. The Morgan fingerprint density at radius 2 is 1.79 bits per heavy atom. The van der Waals surface area contributed by atoms with Crippen molar-refractivity contribution in [3.8, 4) is 0 Å². The van der Waals surface area contributed by atoms with Gasteiger partial charge in [0.2, 0.25) is 5.91 Å². The van der Waals surface area contributed by atoms with Gasteiger partial charge in [-0.05, 0) is 32.6 Å². The van der Waals surface area contributed by atoms with E-state index in [4.69, 9.17) is 0 Å². The van der Waals surface area contributed by atoms with Crippen LogP contribution in [0.4, 0.5) is 0 Å². The van der Waals surface area contributed by atoms with Crippen LogP contribution in [0.3, 0.4) is 0 Å². The molecule has 0 bridgehead atoms. The summed E-state index contributed by atoms with van der Waals surface area (Å²) in [5, 5.41) is 10.0. The minimum absolute atomic E-state index is 0.285. The number of aliphatic hydroxyl groups is 1. The Balaban J connectivity index is 2.15. The lowest BCUT2D eigenvalue weighted by Crippen LogP contribution is -2.33. The first kappa shape index (κ1) is 16.5. The summed E-state index contributed by atoms with van der Waals surface area (Å²) in [6.07, 6.45) is 10.5. The lowest BCUT2D eigenvalue weighted by Gasteiger charge is -2.22. The molecule has 1 amide bonds. The van der Waals surface area contributed by atoms with Gasteiger partial charge in [0.1, 0.15) is 0 Å². The van der Waals surface area contributed by atoms with E-state index in [9.17, 15) is 9.90 Å². The highest BCUT2D eigenvalue weighted by Gasteiger charge is 2.26. The van der Waals surface area contributed by atoms with Gasteiger partial charge in [-0.2, -0.15) is 0 Å². The van der Waals surface area contributed by atoms with E-state index < -0.39 is 5.60 Å². The summed E-state index contributed by atoms with van der Waals surface area (Å²) in [5.74, 6) is 0.285. The van der Waals surface area contributed by atoms with Crippen molar-refractivity contribution < 1.29 is 9.90 Å². The average Bonchev–Trinajstić information content (AvgIpc) is 2.54. The zero-order valence-corrected chi connectivity index (χ0v) is 12.8. The first-order chi connectivity index (χ1) is 9.05. The largest absolute Gasteiger partial charge is 0.390 e. The minimum Gasteiger partial charge on any atom is -0.390 e. The van der Waals surface area contributed by atoms with E-state index in [1.165, 1.54) is 32.1 Å². The van der Waals surface area contributed by atoms with Crippen molar-refractivity contribution in [2.45, 2.75) is 83.7 Å². The summed E-state index contributed by atoms with van der Waals surface area (Å²) in [6.45, 7) is 5.65. The smallest absolute Gasteiger partial charge is 0.222 e.